The fourth-order valence-electron chi connectivity index (χ4n) is 1.97. The Morgan fingerprint density at radius 2 is 1.78 bits per heavy atom. The summed E-state index contributed by atoms with van der Waals surface area (Å²) in [6.07, 6.45) is 3.35. The van der Waals surface area contributed by atoms with Gasteiger partial charge in [0.15, 0.2) is 11.5 Å². The Bertz CT molecular complexity index is 380. The van der Waals surface area contributed by atoms with Gasteiger partial charge in [-0.25, -0.2) is 0 Å². The van der Waals surface area contributed by atoms with Crippen molar-refractivity contribution in [1.29, 1.82) is 0 Å². The van der Waals surface area contributed by atoms with E-state index < -0.39 is 0 Å². The van der Waals surface area contributed by atoms with E-state index in [1.807, 2.05) is 6.07 Å². The second-order valence-electron chi connectivity index (χ2n) is 4.33. The van der Waals surface area contributed by atoms with Gasteiger partial charge in [0.2, 0.25) is 0 Å². The van der Waals surface area contributed by atoms with E-state index >= 15 is 0 Å². The zero-order valence-electron chi connectivity index (χ0n) is 11.7. The molecule has 1 aromatic carbocycles. The lowest BCUT2D eigenvalue weighted by Gasteiger charge is -2.20. The first-order valence-electron chi connectivity index (χ1n) is 6.44. The van der Waals surface area contributed by atoms with E-state index in [9.17, 15) is 0 Å². The van der Waals surface area contributed by atoms with Crippen molar-refractivity contribution < 1.29 is 9.47 Å². The second-order valence-corrected chi connectivity index (χ2v) is 4.33. The molecular weight excluding hydrogens is 228 g/mol. The molecule has 18 heavy (non-hydrogen) atoms. The van der Waals surface area contributed by atoms with Gasteiger partial charge in [-0.1, -0.05) is 20.3 Å². The van der Waals surface area contributed by atoms with Crippen molar-refractivity contribution in [3.8, 4) is 11.5 Å². The monoisotopic (exact) mass is 252 g/mol. The number of methoxy groups -OCH3 is 2. The van der Waals surface area contributed by atoms with Crippen LogP contribution in [0.3, 0.4) is 0 Å². The van der Waals surface area contributed by atoms with Gasteiger partial charge in [0.1, 0.15) is 0 Å². The molecule has 0 aromatic heterocycles. The molecule has 0 amide bonds. The molecular formula is C14H24N2O2. The van der Waals surface area contributed by atoms with E-state index in [4.69, 9.17) is 15.2 Å². The fraction of sp³-hybridized carbons (Fsp3) is 0.571. The van der Waals surface area contributed by atoms with Gasteiger partial charge in [0, 0.05) is 18.2 Å². The summed E-state index contributed by atoms with van der Waals surface area (Å²) in [6.45, 7) is 4.35. The molecule has 0 spiro atoms. The molecule has 1 aromatic rings. The lowest BCUT2D eigenvalue weighted by molar-refractivity contribution is 0.355. The van der Waals surface area contributed by atoms with Gasteiger partial charge in [-0.15, -0.1) is 0 Å². The van der Waals surface area contributed by atoms with Gasteiger partial charge in [-0.05, 0) is 12.8 Å². The Kier molecular flexibility index (Phi) is 5.62. The van der Waals surface area contributed by atoms with E-state index in [0.717, 1.165) is 24.9 Å². The minimum atomic E-state index is 0.440. The first kappa shape index (κ1) is 14.5. The smallest absolute Gasteiger partial charge is 0.162 e. The third-order valence-corrected chi connectivity index (χ3v) is 3.05. The molecule has 0 aliphatic carbocycles. The van der Waals surface area contributed by atoms with Crippen LogP contribution >= 0.6 is 0 Å². The molecule has 0 saturated carbocycles. The summed E-state index contributed by atoms with van der Waals surface area (Å²) in [4.78, 5) is 0. The zero-order valence-corrected chi connectivity index (χ0v) is 11.7. The van der Waals surface area contributed by atoms with Crippen LogP contribution in [0.2, 0.25) is 0 Å². The highest BCUT2D eigenvalue weighted by molar-refractivity contribution is 5.72. The Morgan fingerprint density at radius 1 is 1.17 bits per heavy atom. The molecule has 4 nitrogen and oxygen atoms in total. The number of nitrogens with one attached hydrogen (secondary N) is 1. The molecule has 0 bridgehead atoms. The lowest BCUT2D eigenvalue weighted by atomic mass is 10.1. The quantitative estimate of drug-likeness (QED) is 0.731. The van der Waals surface area contributed by atoms with Crippen molar-refractivity contribution in [3.63, 3.8) is 0 Å². The Balaban J connectivity index is 2.94. The molecule has 3 N–H and O–H groups in total. The first-order valence-corrected chi connectivity index (χ1v) is 6.44. The summed E-state index contributed by atoms with van der Waals surface area (Å²) in [5, 5.41) is 3.46. The molecule has 1 atom stereocenters. The van der Waals surface area contributed by atoms with Gasteiger partial charge in [-0.2, -0.15) is 0 Å². The van der Waals surface area contributed by atoms with Crippen LogP contribution < -0.4 is 20.5 Å². The maximum absolute atomic E-state index is 6.02. The maximum Gasteiger partial charge on any atom is 0.162 e. The summed E-state index contributed by atoms with van der Waals surface area (Å²) in [5.74, 6) is 1.35. The minimum Gasteiger partial charge on any atom is -0.493 e. The minimum absolute atomic E-state index is 0.440. The number of nitrogen functional groups attached to an aromatic ring is 1. The number of nitrogens with two attached hydrogens (primary N) is 1. The number of rotatable bonds is 7. The normalized spacial score (nSPS) is 12.0. The van der Waals surface area contributed by atoms with E-state index in [0.29, 0.717) is 23.2 Å². The number of benzene rings is 1. The topological polar surface area (TPSA) is 56.5 Å². The lowest BCUT2D eigenvalue weighted by Crippen LogP contribution is -2.18. The second kappa shape index (κ2) is 6.99. The van der Waals surface area contributed by atoms with Crippen LogP contribution in [0.25, 0.3) is 0 Å². The van der Waals surface area contributed by atoms with Crippen LogP contribution in [0.1, 0.15) is 33.1 Å². The standard InChI is InChI=1S/C14H24N2O2/c1-5-7-10(6-2)16-12-9-14(18-4)13(17-3)8-11(12)15/h8-10,16H,5-7,15H2,1-4H3. The summed E-state index contributed by atoms with van der Waals surface area (Å²) in [7, 11) is 3.23. The van der Waals surface area contributed by atoms with Crippen LogP contribution in [0.15, 0.2) is 12.1 Å². The Morgan fingerprint density at radius 3 is 2.28 bits per heavy atom. The van der Waals surface area contributed by atoms with E-state index in [2.05, 4.69) is 19.2 Å². The third kappa shape index (κ3) is 3.45. The molecule has 0 fully saturated rings. The zero-order chi connectivity index (χ0) is 13.5. The number of hydrogen-bond donors (Lipinski definition) is 2. The number of hydrogen-bond acceptors (Lipinski definition) is 4. The molecule has 0 aliphatic heterocycles. The summed E-state index contributed by atoms with van der Waals surface area (Å²) in [5.41, 5.74) is 7.61. The third-order valence-electron chi connectivity index (χ3n) is 3.05. The van der Waals surface area contributed by atoms with Gasteiger partial charge in [-0.3, -0.25) is 0 Å². The predicted octanol–water partition coefficient (Wildman–Crippen LogP) is 3.28. The van der Waals surface area contributed by atoms with Crippen molar-refractivity contribution in [2.24, 2.45) is 0 Å². The Hall–Kier alpha value is -1.58. The van der Waals surface area contributed by atoms with Crippen molar-refractivity contribution in [2.45, 2.75) is 39.2 Å². The SMILES string of the molecule is CCCC(CC)Nc1cc(OC)c(OC)cc1N. The van der Waals surface area contributed by atoms with Crippen molar-refractivity contribution in [3.05, 3.63) is 12.1 Å². The van der Waals surface area contributed by atoms with Crippen molar-refractivity contribution in [2.75, 3.05) is 25.3 Å². The molecule has 4 heteroatoms. The fourth-order valence-corrected chi connectivity index (χ4v) is 1.97. The average molecular weight is 252 g/mol. The van der Waals surface area contributed by atoms with Crippen LogP contribution in [-0.2, 0) is 0 Å². The van der Waals surface area contributed by atoms with Crippen LogP contribution in [0.4, 0.5) is 11.4 Å². The van der Waals surface area contributed by atoms with Gasteiger partial charge in [0.05, 0.1) is 25.6 Å². The van der Waals surface area contributed by atoms with Gasteiger partial charge >= 0.3 is 0 Å². The van der Waals surface area contributed by atoms with Crippen molar-refractivity contribution in [1.82, 2.24) is 0 Å². The van der Waals surface area contributed by atoms with Crippen LogP contribution in [0.5, 0.6) is 11.5 Å². The molecule has 1 rings (SSSR count). The summed E-state index contributed by atoms with van der Waals surface area (Å²) in [6, 6.07) is 4.13. The maximum atomic E-state index is 6.02. The van der Waals surface area contributed by atoms with E-state index in [-0.39, 0.29) is 0 Å². The molecule has 0 heterocycles. The van der Waals surface area contributed by atoms with E-state index in [1.54, 1.807) is 20.3 Å². The molecule has 0 aliphatic rings. The predicted molar refractivity (Wildman–Crippen MR) is 76.6 cm³/mol. The van der Waals surface area contributed by atoms with E-state index in [1.165, 1.54) is 0 Å². The largest absolute Gasteiger partial charge is 0.493 e. The summed E-state index contributed by atoms with van der Waals surface area (Å²) >= 11 is 0. The van der Waals surface area contributed by atoms with Crippen LogP contribution in [0, 0.1) is 0 Å². The Labute approximate surface area is 109 Å². The van der Waals surface area contributed by atoms with Crippen LogP contribution in [-0.4, -0.2) is 20.3 Å². The van der Waals surface area contributed by atoms with Gasteiger partial charge in [0.25, 0.3) is 0 Å². The molecule has 1 unspecified atom stereocenters. The molecule has 102 valence electrons. The first-order chi connectivity index (χ1) is 8.65. The van der Waals surface area contributed by atoms with Gasteiger partial charge < -0.3 is 20.5 Å². The number of anilines is 2. The molecule has 0 saturated heterocycles. The highest BCUT2D eigenvalue weighted by Gasteiger charge is 2.12. The number of ether oxygens (including phenoxy) is 2. The highest BCUT2D eigenvalue weighted by atomic mass is 16.5. The van der Waals surface area contributed by atoms with Crippen molar-refractivity contribution >= 4 is 11.4 Å². The average Bonchev–Trinajstić information content (AvgIpc) is 2.39. The molecule has 0 radical (unpaired) electrons. The highest BCUT2D eigenvalue weighted by Crippen LogP contribution is 2.35. The summed E-state index contributed by atoms with van der Waals surface area (Å²) < 4.78 is 10.5.